The van der Waals surface area contributed by atoms with E-state index in [2.05, 4.69) is 0 Å². The summed E-state index contributed by atoms with van der Waals surface area (Å²) in [5.74, 6) is -2.29. The molecule has 0 aromatic heterocycles. The van der Waals surface area contributed by atoms with Gasteiger partial charge in [-0.15, -0.1) is 0 Å². The molecule has 5 heteroatoms. The lowest BCUT2D eigenvalue weighted by molar-refractivity contribution is -0.188. The van der Waals surface area contributed by atoms with E-state index in [4.69, 9.17) is 4.74 Å². The van der Waals surface area contributed by atoms with Crippen molar-refractivity contribution in [1.29, 1.82) is 0 Å². The molecular weight excluding hydrogens is 258 g/mol. The molecule has 1 saturated heterocycles. The fraction of sp³-hybridized carbons (Fsp3) is 0.467. The Morgan fingerprint density at radius 2 is 2.05 bits per heavy atom. The van der Waals surface area contributed by atoms with Crippen LogP contribution in [0.1, 0.15) is 25.3 Å². The Labute approximate surface area is 117 Å². The molecule has 0 spiro atoms. The van der Waals surface area contributed by atoms with E-state index in [9.17, 15) is 14.7 Å². The number of piperidine rings is 1. The maximum absolute atomic E-state index is 12.4. The van der Waals surface area contributed by atoms with Gasteiger partial charge >= 0.3 is 5.97 Å². The highest BCUT2D eigenvalue weighted by Gasteiger charge is 2.59. The molecule has 0 saturated carbocycles. The van der Waals surface area contributed by atoms with Crippen LogP contribution in [0.25, 0.3) is 0 Å². The van der Waals surface area contributed by atoms with Crippen molar-refractivity contribution in [2.24, 2.45) is 11.8 Å². The van der Waals surface area contributed by atoms with Crippen LogP contribution >= 0.6 is 0 Å². The number of benzene rings is 1. The van der Waals surface area contributed by atoms with Crippen molar-refractivity contribution in [3.8, 4) is 5.75 Å². The number of aliphatic carboxylic acids is 1. The number of likely N-dealkylation sites (tertiary alicyclic amines) is 1. The third-order valence-corrected chi connectivity index (χ3v) is 4.87. The highest BCUT2D eigenvalue weighted by Crippen LogP contribution is 2.52. The van der Waals surface area contributed by atoms with Crippen LogP contribution in [0.2, 0.25) is 0 Å². The lowest BCUT2D eigenvalue weighted by Crippen LogP contribution is -2.66. The van der Waals surface area contributed by atoms with Gasteiger partial charge in [-0.05, 0) is 18.6 Å². The van der Waals surface area contributed by atoms with Gasteiger partial charge in [-0.2, -0.15) is 0 Å². The summed E-state index contributed by atoms with van der Waals surface area (Å²) in [4.78, 5) is 25.4. The van der Waals surface area contributed by atoms with Gasteiger partial charge in [0.1, 0.15) is 11.7 Å². The first-order valence-electron chi connectivity index (χ1n) is 6.66. The number of nitrogens with zero attached hydrogens (tertiary/aromatic N) is 1. The zero-order valence-corrected chi connectivity index (χ0v) is 11.7. The predicted molar refractivity (Wildman–Crippen MR) is 71.3 cm³/mol. The summed E-state index contributed by atoms with van der Waals surface area (Å²) in [5.41, 5.74) is 0.00789. The second-order valence-corrected chi connectivity index (χ2v) is 5.72. The second kappa shape index (κ2) is 3.98. The van der Waals surface area contributed by atoms with E-state index in [1.165, 1.54) is 4.90 Å². The van der Waals surface area contributed by atoms with Crippen LogP contribution in [0, 0.1) is 11.8 Å². The Balaban J connectivity index is 2.24. The number of rotatable bonds is 1. The average molecular weight is 275 g/mol. The van der Waals surface area contributed by atoms with Gasteiger partial charge in [-0.1, -0.05) is 25.1 Å². The van der Waals surface area contributed by atoms with Crippen LogP contribution in [0.5, 0.6) is 5.75 Å². The van der Waals surface area contributed by atoms with Gasteiger partial charge in [-0.25, -0.2) is 0 Å². The molecule has 2 heterocycles. The van der Waals surface area contributed by atoms with Gasteiger partial charge in [0.25, 0.3) is 0 Å². The lowest BCUT2D eigenvalue weighted by Gasteiger charge is -2.55. The highest BCUT2D eigenvalue weighted by molar-refractivity contribution is 5.99. The van der Waals surface area contributed by atoms with E-state index in [1.54, 1.807) is 7.05 Å². The molecule has 0 unspecified atom stereocenters. The Kier molecular flexibility index (Phi) is 2.58. The van der Waals surface area contributed by atoms with Crippen molar-refractivity contribution in [1.82, 2.24) is 4.90 Å². The number of amides is 1. The minimum atomic E-state index is -1.07. The second-order valence-electron chi connectivity index (χ2n) is 5.72. The molecule has 1 aromatic rings. The molecular formula is C15H17NO4. The Bertz CT molecular complexity index is 599. The molecule has 1 aromatic carbocycles. The van der Waals surface area contributed by atoms with Gasteiger partial charge in [0.05, 0.1) is 0 Å². The van der Waals surface area contributed by atoms with Crippen LogP contribution in [0.3, 0.4) is 0 Å². The third kappa shape index (κ3) is 1.43. The molecule has 1 amide bonds. The maximum Gasteiger partial charge on any atom is 0.316 e. The fourth-order valence-corrected chi connectivity index (χ4v) is 3.45. The van der Waals surface area contributed by atoms with Crippen LogP contribution in [-0.2, 0) is 9.59 Å². The van der Waals surface area contributed by atoms with Gasteiger partial charge in [-0.3, -0.25) is 9.59 Å². The van der Waals surface area contributed by atoms with Gasteiger partial charge < -0.3 is 14.7 Å². The van der Waals surface area contributed by atoms with E-state index in [-0.39, 0.29) is 11.8 Å². The van der Waals surface area contributed by atoms with Crippen LogP contribution < -0.4 is 4.74 Å². The van der Waals surface area contributed by atoms with E-state index in [1.807, 2.05) is 38.1 Å². The molecule has 106 valence electrons. The summed E-state index contributed by atoms with van der Waals surface area (Å²) >= 11 is 0. The summed E-state index contributed by atoms with van der Waals surface area (Å²) in [6.07, 6.45) is 0. The summed E-state index contributed by atoms with van der Waals surface area (Å²) in [7, 11) is 1.61. The van der Waals surface area contributed by atoms with E-state index < -0.39 is 23.5 Å². The number of carboxylic acids is 1. The topological polar surface area (TPSA) is 66.8 Å². The predicted octanol–water partition coefficient (Wildman–Crippen LogP) is 1.69. The van der Waals surface area contributed by atoms with Gasteiger partial charge in [0, 0.05) is 18.9 Å². The van der Waals surface area contributed by atoms with Crippen molar-refractivity contribution in [3.63, 3.8) is 0 Å². The monoisotopic (exact) mass is 275 g/mol. The number of fused-ring (bicyclic) bond motifs is 4. The molecule has 5 nitrogen and oxygen atoms in total. The molecule has 20 heavy (non-hydrogen) atoms. The number of para-hydroxylation sites is 1. The zero-order chi connectivity index (χ0) is 14.7. The molecule has 0 aliphatic carbocycles. The van der Waals surface area contributed by atoms with Crippen LogP contribution in [0.4, 0.5) is 0 Å². The van der Waals surface area contributed by atoms with E-state index in [0.29, 0.717) is 5.75 Å². The number of carbonyl (C=O) groups is 2. The summed E-state index contributed by atoms with van der Waals surface area (Å²) < 4.78 is 6.03. The summed E-state index contributed by atoms with van der Waals surface area (Å²) in [6.45, 7) is 3.79. The standard InChI is InChI=1S/C15H17NO4/c1-8-11-9-6-4-5-7-10(9)20-15(8,2)16(3)13(17)12(11)14(18)19/h4-8,11-12H,1-3H3,(H,18,19)/t8-,11+,12-,15+/m1/s1. The van der Waals surface area contributed by atoms with Gasteiger partial charge in [0.2, 0.25) is 5.91 Å². The zero-order valence-electron chi connectivity index (χ0n) is 11.7. The third-order valence-electron chi connectivity index (χ3n) is 4.87. The van der Waals surface area contributed by atoms with Crippen molar-refractivity contribution in [3.05, 3.63) is 29.8 Å². The Hall–Kier alpha value is -2.04. The first kappa shape index (κ1) is 13.0. The minimum absolute atomic E-state index is 0.0961. The average Bonchev–Trinajstić information content (AvgIpc) is 2.40. The molecule has 2 bridgehead atoms. The number of hydrogen-bond acceptors (Lipinski definition) is 3. The molecule has 2 aliphatic heterocycles. The fourth-order valence-electron chi connectivity index (χ4n) is 3.45. The SMILES string of the molecule is C[C@@H]1[C@H]2c3ccccc3O[C@]1(C)N(C)C(=O)[C@@H]2C(=O)O. The maximum atomic E-state index is 12.4. The van der Waals surface area contributed by atoms with Crippen molar-refractivity contribution in [2.45, 2.75) is 25.5 Å². The van der Waals surface area contributed by atoms with Crippen molar-refractivity contribution >= 4 is 11.9 Å². The first-order valence-corrected chi connectivity index (χ1v) is 6.66. The van der Waals surface area contributed by atoms with Crippen molar-refractivity contribution < 1.29 is 19.4 Å². The molecule has 3 rings (SSSR count). The van der Waals surface area contributed by atoms with E-state index >= 15 is 0 Å². The number of carboxylic acid groups (broad SMARTS) is 1. The van der Waals surface area contributed by atoms with Crippen molar-refractivity contribution in [2.75, 3.05) is 7.05 Å². The highest BCUT2D eigenvalue weighted by atomic mass is 16.5. The molecule has 2 aliphatic rings. The summed E-state index contributed by atoms with van der Waals surface area (Å²) in [5, 5.41) is 9.48. The molecule has 0 radical (unpaired) electrons. The largest absolute Gasteiger partial charge is 0.481 e. The quantitative estimate of drug-likeness (QED) is 0.792. The summed E-state index contributed by atoms with van der Waals surface area (Å²) in [6, 6.07) is 7.38. The number of carbonyl (C=O) groups excluding carboxylic acids is 1. The number of ether oxygens (including phenoxy) is 1. The smallest absolute Gasteiger partial charge is 0.316 e. The first-order chi connectivity index (χ1) is 9.38. The molecule has 4 atom stereocenters. The molecule has 1 N–H and O–H groups in total. The van der Waals surface area contributed by atoms with Gasteiger partial charge in [0.15, 0.2) is 5.72 Å². The Morgan fingerprint density at radius 1 is 1.40 bits per heavy atom. The minimum Gasteiger partial charge on any atom is -0.481 e. The lowest BCUT2D eigenvalue weighted by atomic mass is 9.67. The Morgan fingerprint density at radius 3 is 2.70 bits per heavy atom. The molecule has 1 fully saturated rings. The van der Waals surface area contributed by atoms with E-state index in [0.717, 1.165) is 5.56 Å². The van der Waals surface area contributed by atoms with Crippen LogP contribution in [0.15, 0.2) is 24.3 Å². The number of hydrogen-bond donors (Lipinski definition) is 1. The van der Waals surface area contributed by atoms with Crippen LogP contribution in [-0.4, -0.2) is 34.7 Å². The normalized spacial score (nSPS) is 35.2.